The molecule has 0 amide bonds. The number of hydrogen-bond donors (Lipinski definition) is 2. The first kappa shape index (κ1) is 19.1. The van der Waals surface area contributed by atoms with Gasteiger partial charge in [0.05, 0.1) is 19.3 Å². The van der Waals surface area contributed by atoms with Gasteiger partial charge in [0.1, 0.15) is 0 Å². The van der Waals surface area contributed by atoms with Crippen molar-refractivity contribution in [2.75, 3.05) is 33.4 Å². The van der Waals surface area contributed by atoms with Gasteiger partial charge in [0, 0.05) is 36.4 Å². The Morgan fingerprint density at radius 2 is 2.17 bits per heavy atom. The summed E-state index contributed by atoms with van der Waals surface area (Å²) in [6.07, 6.45) is 1.24. The summed E-state index contributed by atoms with van der Waals surface area (Å²) in [6, 6.07) is 10.7. The van der Waals surface area contributed by atoms with Crippen molar-refractivity contribution in [3.05, 3.63) is 30.3 Å². The lowest BCUT2D eigenvalue weighted by Crippen LogP contribution is -2.46. The lowest BCUT2D eigenvalue weighted by atomic mass is 10.3. The summed E-state index contributed by atoms with van der Waals surface area (Å²) in [5, 5.41) is 7.21. The molecule has 0 saturated carbocycles. The van der Waals surface area contributed by atoms with Crippen molar-refractivity contribution in [2.45, 2.75) is 42.6 Å². The molecule has 0 aliphatic carbocycles. The molecule has 5 nitrogen and oxygen atoms in total. The quantitative estimate of drug-likeness (QED) is 0.428. The van der Waals surface area contributed by atoms with E-state index in [0.717, 1.165) is 25.5 Å². The van der Waals surface area contributed by atoms with Gasteiger partial charge in [0.25, 0.3) is 0 Å². The lowest BCUT2D eigenvalue weighted by molar-refractivity contribution is 0.0347. The zero-order chi connectivity index (χ0) is 17.2. The molecule has 1 aromatic carbocycles. The van der Waals surface area contributed by atoms with Crippen LogP contribution in [0.25, 0.3) is 0 Å². The largest absolute Gasteiger partial charge is 0.379 e. The van der Waals surface area contributed by atoms with Gasteiger partial charge < -0.3 is 20.1 Å². The number of thioether (sulfide) groups is 1. The van der Waals surface area contributed by atoms with E-state index < -0.39 is 0 Å². The summed E-state index contributed by atoms with van der Waals surface area (Å²) in [6.45, 7) is 7.35. The molecule has 0 aromatic heterocycles. The average molecular weight is 352 g/mol. The highest BCUT2D eigenvalue weighted by atomic mass is 32.2. The van der Waals surface area contributed by atoms with Crippen LogP contribution >= 0.6 is 11.8 Å². The van der Waals surface area contributed by atoms with Crippen LogP contribution in [0.2, 0.25) is 0 Å². The second kappa shape index (κ2) is 10.6. The number of aliphatic imine (C=N–C) groups is 1. The minimum Gasteiger partial charge on any atom is -0.379 e. The zero-order valence-electron chi connectivity index (χ0n) is 14.8. The number of rotatable bonds is 8. The Bertz CT molecular complexity index is 492. The fourth-order valence-corrected chi connectivity index (χ4v) is 3.35. The zero-order valence-corrected chi connectivity index (χ0v) is 15.6. The van der Waals surface area contributed by atoms with Gasteiger partial charge in [-0.2, -0.15) is 0 Å². The molecule has 1 fully saturated rings. The first-order valence-corrected chi connectivity index (χ1v) is 9.43. The molecule has 1 aliphatic heterocycles. The minimum atomic E-state index is 0.203. The van der Waals surface area contributed by atoms with Crippen molar-refractivity contribution < 1.29 is 9.47 Å². The van der Waals surface area contributed by atoms with Crippen molar-refractivity contribution in [2.24, 2.45) is 4.99 Å². The molecular weight excluding hydrogens is 322 g/mol. The Morgan fingerprint density at radius 3 is 2.83 bits per heavy atom. The van der Waals surface area contributed by atoms with Crippen molar-refractivity contribution in [1.82, 2.24) is 10.6 Å². The van der Waals surface area contributed by atoms with Crippen LogP contribution < -0.4 is 10.6 Å². The molecule has 24 heavy (non-hydrogen) atoms. The predicted octanol–water partition coefficient (Wildman–Crippen LogP) is 2.53. The third-order valence-corrected chi connectivity index (χ3v) is 4.83. The molecule has 1 saturated heterocycles. The summed E-state index contributed by atoms with van der Waals surface area (Å²) in [5.41, 5.74) is 0. The first-order valence-electron chi connectivity index (χ1n) is 8.55. The Balaban J connectivity index is 1.65. The van der Waals surface area contributed by atoms with Crippen LogP contribution in [-0.2, 0) is 9.47 Å². The Labute approximate surface area is 149 Å². The molecule has 1 aromatic rings. The van der Waals surface area contributed by atoms with E-state index in [4.69, 9.17) is 9.47 Å². The first-order chi connectivity index (χ1) is 11.7. The van der Waals surface area contributed by atoms with Crippen molar-refractivity contribution in [3.63, 3.8) is 0 Å². The second-order valence-electron chi connectivity index (χ2n) is 6.06. The van der Waals surface area contributed by atoms with Gasteiger partial charge in [-0.15, -0.1) is 11.8 Å². The molecule has 0 bridgehead atoms. The number of nitrogens with one attached hydrogen (secondary N) is 2. The molecule has 3 unspecified atom stereocenters. The summed E-state index contributed by atoms with van der Waals surface area (Å²) >= 11 is 1.86. The maximum absolute atomic E-state index is 5.84. The Hall–Kier alpha value is -1.24. The highest BCUT2D eigenvalue weighted by Crippen LogP contribution is 2.21. The van der Waals surface area contributed by atoms with Gasteiger partial charge in [-0.05, 0) is 25.5 Å². The molecule has 2 N–H and O–H groups in total. The molecule has 3 atom stereocenters. The van der Waals surface area contributed by atoms with Crippen LogP contribution in [0.1, 0.15) is 20.3 Å². The minimum absolute atomic E-state index is 0.203. The van der Waals surface area contributed by atoms with Gasteiger partial charge >= 0.3 is 0 Å². The second-order valence-corrected chi connectivity index (χ2v) is 7.57. The Morgan fingerprint density at radius 1 is 1.38 bits per heavy atom. The Kier molecular flexibility index (Phi) is 8.42. The topological polar surface area (TPSA) is 54.9 Å². The summed E-state index contributed by atoms with van der Waals surface area (Å²) in [7, 11) is 1.79. The van der Waals surface area contributed by atoms with Crippen LogP contribution in [-0.4, -0.2) is 56.8 Å². The van der Waals surface area contributed by atoms with E-state index >= 15 is 0 Å². The molecule has 0 spiro atoms. The SMILES string of the molecule is CN=C(NCC(C)Sc1ccccc1)NC(C)COC1CCOC1. The predicted molar refractivity (Wildman–Crippen MR) is 101 cm³/mol. The van der Waals surface area contributed by atoms with E-state index in [2.05, 4.69) is 53.7 Å². The molecule has 1 aliphatic rings. The fraction of sp³-hybridized carbons (Fsp3) is 0.611. The molecule has 6 heteroatoms. The number of hydrogen-bond acceptors (Lipinski definition) is 4. The van der Waals surface area contributed by atoms with Crippen LogP contribution in [0.15, 0.2) is 40.2 Å². The third-order valence-electron chi connectivity index (χ3n) is 3.71. The summed E-state index contributed by atoms with van der Waals surface area (Å²) < 4.78 is 11.2. The van der Waals surface area contributed by atoms with Crippen molar-refractivity contribution >= 4 is 17.7 Å². The van der Waals surface area contributed by atoms with Gasteiger partial charge in [-0.1, -0.05) is 25.1 Å². The van der Waals surface area contributed by atoms with E-state index in [1.54, 1.807) is 7.05 Å². The van der Waals surface area contributed by atoms with Gasteiger partial charge in [-0.25, -0.2) is 0 Å². The van der Waals surface area contributed by atoms with Gasteiger partial charge in [0.2, 0.25) is 0 Å². The monoisotopic (exact) mass is 351 g/mol. The molecule has 1 heterocycles. The van der Waals surface area contributed by atoms with E-state index in [1.807, 2.05) is 17.8 Å². The lowest BCUT2D eigenvalue weighted by Gasteiger charge is -2.21. The highest BCUT2D eigenvalue weighted by Gasteiger charge is 2.17. The molecule has 2 rings (SSSR count). The van der Waals surface area contributed by atoms with Gasteiger partial charge in [-0.3, -0.25) is 4.99 Å². The van der Waals surface area contributed by atoms with Crippen LogP contribution in [0.4, 0.5) is 0 Å². The van der Waals surface area contributed by atoms with E-state index in [0.29, 0.717) is 18.5 Å². The maximum Gasteiger partial charge on any atom is 0.191 e. The number of ether oxygens (including phenoxy) is 2. The third kappa shape index (κ3) is 7.11. The van der Waals surface area contributed by atoms with E-state index in [-0.39, 0.29) is 12.1 Å². The standard InChI is InChI=1S/C18H29N3O2S/c1-14(12-23-16-9-10-22-13-16)21-18(19-3)20-11-15(2)24-17-7-5-4-6-8-17/h4-8,14-16H,9-13H2,1-3H3,(H2,19,20,21). The maximum atomic E-state index is 5.84. The average Bonchev–Trinajstić information content (AvgIpc) is 3.11. The van der Waals surface area contributed by atoms with Crippen LogP contribution in [0, 0.1) is 0 Å². The number of benzene rings is 1. The van der Waals surface area contributed by atoms with Gasteiger partial charge in [0.15, 0.2) is 5.96 Å². The smallest absolute Gasteiger partial charge is 0.191 e. The van der Waals surface area contributed by atoms with Crippen molar-refractivity contribution in [1.29, 1.82) is 0 Å². The molecule has 0 radical (unpaired) electrons. The normalized spacial score (nSPS) is 20.6. The number of nitrogens with zero attached hydrogens (tertiary/aromatic N) is 1. The fourth-order valence-electron chi connectivity index (χ4n) is 2.41. The molecular formula is C18H29N3O2S. The van der Waals surface area contributed by atoms with Crippen molar-refractivity contribution in [3.8, 4) is 0 Å². The highest BCUT2D eigenvalue weighted by molar-refractivity contribution is 8.00. The molecule has 134 valence electrons. The summed E-state index contributed by atoms with van der Waals surface area (Å²) in [4.78, 5) is 5.58. The number of guanidine groups is 1. The van der Waals surface area contributed by atoms with E-state index in [9.17, 15) is 0 Å². The van der Waals surface area contributed by atoms with Crippen LogP contribution in [0.3, 0.4) is 0 Å². The van der Waals surface area contributed by atoms with Crippen LogP contribution in [0.5, 0.6) is 0 Å². The van der Waals surface area contributed by atoms with E-state index in [1.165, 1.54) is 4.90 Å². The summed E-state index contributed by atoms with van der Waals surface area (Å²) in [5.74, 6) is 0.814.